The van der Waals surface area contributed by atoms with Crippen LogP contribution in [-0.4, -0.2) is 60.7 Å². The molecule has 160 valence electrons. The smallest absolute Gasteiger partial charge is 0.256 e. The Morgan fingerprint density at radius 3 is 2.37 bits per heavy atom. The van der Waals surface area contributed by atoms with E-state index in [0.29, 0.717) is 44.8 Å². The van der Waals surface area contributed by atoms with Gasteiger partial charge in [0.1, 0.15) is 16.5 Å². The summed E-state index contributed by atoms with van der Waals surface area (Å²) in [6, 6.07) is 9.40. The predicted octanol–water partition coefficient (Wildman–Crippen LogP) is 2.72. The van der Waals surface area contributed by atoms with E-state index in [9.17, 15) is 17.6 Å². The molecule has 9 heteroatoms. The van der Waals surface area contributed by atoms with Crippen molar-refractivity contribution in [2.75, 3.05) is 31.5 Å². The number of hydrogen-bond donors (Lipinski definition) is 1. The summed E-state index contributed by atoms with van der Waals surface area (Å²) < 4.78 is 40.5. The Hall–Kier alpha value is -2.52. The van der Waals surface area contributed by atoms with Gasteiger partial charge in [-0.15, -0.1) is 0 Å². The van der Waals surface area contributed by atoms with E-state index < -0.39 is 15.8 Å². The molecule has 0 aliphatic carbocycles. The maximum atomic E-state index is 13.9. The Morgan fingerprint density at radius 1 is 1.03 bits per heavy atom. The molecule has 4 rings (SSSR count). The molecule has 1 N–H and O–H groups in total. The monoisotopic (exact) mass is 432 g/mol. The van der Waals surface area contributed by atoms with Crippen molar-refractivity contribution in [1.29, 1.82) is 0 Å². The van der Waals surface area contributed by atoms with Crippen LogP contribution in [0, 0.1) is 5.82 Å². The van der Waals surface area contributed by atoms with Crippen LogP contribution in [0.4, 0.5) is 10.2 Å². The first-order chi connectivity index (χ1) is 14.4. The number of pyridine rings is 1. The van der Waals surface area contributed by atoms with Crippen molar-refractivity contribution in [3.8, 4) is 0 Å². The zero-order valence-corrected chi connectivity index (χ0v) is 17.4. The lowest BCUT2D eigenvalue weighted by Gasteiger charge is -2.32. The van der Waals surface area contributed by atoms with Crippen LogP contribution >= 0.6 is 0 Å². The first-order valence-corrected chi connectivity index (χ1v) is 11.7. The number of amides is 1. The molecule has 1 aromatic heterocycles. The third-order valence-electron chi connectivity index (χ3n) is 5.68. The van der Waals surface area contributed by atoms with Gasteiger partial charge in [-0.3, -0.25) is 4.79 Å². The number of piperidine rings is 1. The van der Waals surface area contributed by atoms with E-state index in [1.807, 2.05) is 0 Å². The lowest BCUT2D eigenvalue weighted by atomic mass is 10.0. The zero-order valence-electron chi connectivity index (χ0n) is 16.6. The summed E-state index contributed by atoms with van der Waals surface area (Å²) in [5.41, 5.74) is 0.0976. The Labute approximate surface area is 176 Å². The lowest BCUT2D eigenvalue weighted by Crippen LogP contribution is -2.42. The summed E-state index contributed by atoms with van der Waals surface area (Å²) in [5.74, 6) is -0.189. The number of anilines is 1. The lowest BCUT2D eigenvalue weighted by molar-refractivity contribution is 0.0713. The minimum Gasteiger partial charge on any atom is -0.367 e. The first kappa shape index (κ1) is 20.7. The van der Waals surface area contributed by atoms with E-state index in [2.05, 4.69) is 10.3 Å². The van der Waals surface area contributed by atoms with Crippen molar-refractivity contribution in [2.45, 2.75) is 36.6 Å². The highest BCUT2D eigenvalue weighted by atomic mass is 32.2. The van der Waals surface area contributed by atoms with Gasteiger partial charge in [0.25, 0.3) is 5.91 Å². The van der Waals surface area contributed by atoms with Gasteiger partial charge in [0.2, 0.25) is 10.0 Å². The number of nitrogens with one attached hydrogen (secondary N) is 1. The highest BCUT2D eigenvalue weighted by Gasteiger charge is 2.28. The van der Waals surface area contributed by atoms with Crippen LogP contribution in [-0.2, 0) is 10.0 Å². The van der Waals surface area contributed by atoms with Crippen molar-refractivity contribution in [3.63, 3.8) is 0 Å². The summed E-state index contributed by atoms with van der Waals surface area (Å²) in [6.07, 6.45) is 4.59. The average Bonchev–Trinajstić information content (AvgIpc) is 3.31. The number of carbonyl (C=O) groups is 1. The van der Waals surface area contributed by atoms with E-state index in [0.717, 1.165) is 12.8 Å². The average molecular weight is 433 g/mol. The number of nitrogens with zero attached hydrogens (tertiary/aromatic N) is 3. The van der Waals surface area contributed by atoms with Gasteiger partial charge in [0.05, 0.1) is 5.56 Å². The summed E-state index contributed by atoms with van der Waals surface area (Å²) >= 11 is 0. The van der Waals surface area contributed by atoms with E-state index in [1.54, 1.807) is 29.2 Å². The quantitative estimate of drug-likeness (QED) is 0.786. The third kappa shape index (κ3) is 4.32. The molecule has 2 aromatic rings. The maximum absolute atomic E-state index is 13.9. The standard InChI is InChI=1S/C21H25FN4O3S/c22-19-6-2-1-5-18(19)21(27)25-13-9-16(10-14-25)24-20-8-7-17(15-23-20)30(28,29)26-11-3-4-12-26/h1-2,5-8,15-16H,3-4,9-14H2,(H,23,24). The fourth-order valence-electron chi connectivity index (χ4n) is 3.94. The largest absolute Gasteiger partial charge is 0.367 e. The number of likely N-dealkylation sites (tertiary alicyclic amines) is 1. The van der Waals surface area contributed by atoms with Gasteiger partial charge in [-0.25, -0.2) is 17.8 Å². The van der Waals surface area contributed by atoms with Crippen LogP contribution in [0.2, 0.25) is 0 Å². The molecular formula is C21H25FN4O3S. The fraction of sp³-hybridized carbons (Fsp3) is 0.429. The molecule has 0 bridgehead atoms. The van der Waals surface area contributed by atoms with Gasteiger partial charge in [0, 0.05) is 38.4 Å². The van der Waals surface area contributed by atoms with Crippen LogP contribution in [0.1, 0.15) is 36.0 Å². The molecule has 3 heterocycles. The molecule has 2 aliphatic heterocycles. The molecule has 0 saturated carbocycles. The maximum Gasteiger partial charge on any atom is 0.256 e. The molecule has 2 fully saturated rings. The number of benzene rings is 1. The van der Waals surface area contributed by atoms with Crippen molar-refractivity contribution >= 4 is 21.7 Å². The van der Waals surface area contributed by atoms with Crippen LogP contribution in [0.5, 0.6) is 0 Å². The molecule has 2 aliphatic rings. The van der Waals surface area contributed by atoms with E-state index >= 15 is 0 Å². The highest BCUT2D eigenvalue weighted by Crippen LogP contribution is 2.22. The van der Waals surface area contributed by atoms with Crippen LogP contribution in [0.3, 0.4) is 0 Å². The summed E-state index contributed by atoms with van der Waals surface area (Å²) in [7, 11) is -3.47. The van der Waals surface area contributed by atoms with Gasteiger partial charge in [-0.2, -0.15) is 4.31 Å². The first-order valence-electron chi connectivity index (χ1n) is 10.2. The van der Waals surface area contributed by atoms with Crippen LogP contribution in [0.15, 0.2) is 47.5 Å². The van der Waals surface area contributed by atoms with Crippen molar-refractivity contribution in [2.24, 2.45) is 0 Å². The second kappa shape index (κ2) is 8.69. The van der Waals surface area contributed by atoms with Gasteiger partial charge in [-0.05, 0) is 49.9 Å². The van der Waals surface area contributed by atoms with E-state index in [1.165, 1.54) is 22.6 Å². The Kier molecular flexibility index (Phi) is 6.01. The highest BCUT2D eigenvalue weighted by molar-refractivity contribution is 7.89. The molecule has 7 nitrogen and oxygen atoms in total. The number of hydrogen-bond acceptors (Lipinski definition) is 5. The van der Waals surface area contributed by atoms with Crippen molar-refractivity contribution in [1.82, 2.24) is 14.2 Å². The molecular weight excluding hydrogens is 407 g/mol. The summed E-state index contributed by atoms with van der Waals surface area (Å²) in [6.45, 7) is 2.16. The summed E-state index contributed by atoms with van der Waals surface area (Å²) in [4.78, 5) is 18.7. The fourth-order valence-corrected chi connectivity index (χ4v) is 5.40. The Balaban J connectivity index is 1.33. The zero-order chi connectivity index (χ0) is 21.1. The molecule has 1 aromatic carbocycles. The topological polar surface area (TPSA) is 82.6 Å². The van der Waals surface area contributed by atoms with Gasteiger partial charge in [-0.1, -0.05) is 12.1 Å². The van der Waals surface area contributed by atoms with Crippen LogP contribution < -0.4 is 5.32 Å². The number of rotatable bonds is 5. The second-order valence-corrected chi connectivity index (χ2v) is 9.62. The Morgan fingerprint density at radius 2 is 1.73 bits per heavy atom. The van der Waals surface area contributed by atoms with Crippen molar-refractivity contribution in [3.05, 3.63) is 54.0 Å². The second-order valence-electron chi connectivity index (χ2n) is 7.68. The number of carbonyl (C=O) groups excluding carboxylic acids is 1. The normalized spacial score (nSPS) is 18.5. The van der Waals surface area contributed by atoms with Crippen molar-refractivity contribution < 1.29 is 17.6 Å². The number of halogens is 1. The van der Waals surface area contributed by atoms with E-state index in [4.69, 9.17) is 0 Å². The number of sulfonamides is 1. The molecule has 30 heavy (non-hydrogen) atoms. The van der Waals surface area contributed by atoms with Crippen LogP contribution in [0.25, 0.3) is 0 Å². The molecule has 2 saturated heterocycles. The molecule has 0 radical (unpaired) electrons. The molecule has 0 atom stereocenters. The predicted molar refractivity (Wildman–Crippen MR) is 111 cm³/mol. The minimum atomic E-state index is -3.47. The van der Waals surface area contributed by atoms with Gasteiger partial charge < -0.3 is 10.2 Å². The molecule has 0 unspecified atom stereocenters. The number of aromatic nitrogens is 1. The summed E-state index contributed by atoms with van der Waals surface area (Å²) in [5, 5.41) is 3.31. The van der Waals surface area contributed by atoms with E-state index in [-0.39, 0.29) is 22.4 Å². The molecule has 0 spiro atoms. The third-order valence-corrected chi connectivity index (χ3v) is 7.56. The minimum absolute atomic E-state index is 0.0976. The molecule has 1 amide bonds. The van der Waals surface area contributed by atoms with Gasteiger partial charge >= 0.3 is 0 Å². The Bertz CT molecular complexity index is 999. The van der Waals surface area contributed by atoms with Gasteiger partial charge in [0.15, 0.2) is 0 Å². The SMILES string of the molecule is O=C(c1ccccc1F)N1CCC(Nc2ccc(S(=O)(=O)N3CCCC3)cn2)CC1.